The molecule has 5 heteroatoms. The van der Waals surface area contributed by atoms with Gasteiger partial charge < -0.3 is 4.57 Å². The molecule has 0 spiro atoms. The lowest BCUT2D eigenvalue weighted by Crippen LogP contribution is -2.27. The topological polar surface area (TPSA) is 34.0 Å². The van der Waals surface area contributed by atoms with Crippen LogP contribution in [0.4, 0.5) is 0 Å². The summed E-state index contributed by atoms with van der Waals surface area (Å²) >= 11 is 1.83. The normalized spacial score (nSPS) is 15.8. The Morgan fingerprint density at radius 2 is 2.19 bits per heavy atom. The molecule has 2 aromatic rings. The first-order chi connectivity index (χ1) is 7.92. The van der Waals surface area contributed by atoms with Crippen LogP contribution in [0.1, 0.15) is 17.7 Å². The summed E-state index contributed by atoms with van der Waals surface area (Å²) in [5.41, 5.74) is 0. The molecule has 0 atom stereocenters. The van der Waals surface area contributed by atoms with Gasteiger partial charge in [0.05, 0.1) is 6.67 Å². The van der Waals surface area contributed by atoms with Gasteiger partial charge >= 0.3 is 0 Å². The van der Waals surface area contributed by atoms with Gasteiger partial charge in [-0.1, -0.05) is 6.07 Å². The number of hydrogen-bond acceptors (Lipinski definition) is 4. The minimum atomic E-state index is 0.754. The average Bonchev–Trinajstić information content (AvgIpc) is 2.79. The van der Waals surface area contributed by atoms with E-state index >= 15 is 0 Å². The van der Waals surface area contributed by atoms with Crippen LogP contribution in [0.3, 0.4) is 0 Å². The lowest BCUT2D eigenvalue weighted by Gasteiger charge is -2.21. The van der Waals surface area contributed by atoms with Gasteiger partial charge in [0.1, 0.15) is 12.7 Å². The molecular formula is C11H14N4S. The van der Waals surface area contributed by atoms with Crippen LogP contribution < -0.4 is 0 Å². The van der Waals surface area contributed by atoms with Crippen molar-refractivity contribution in [2.45, 2.75) is 32.1 Å². The minimum absolute atomic E-state index is 0.754. The predicted octanol–water partition coefficient (Wildman–Crippen LogP) is 1.96. The molecule has 0 unspecified atom stereocenters. The highest BCUT2D eigenvalue weighted by Gasteiger charge is 2.29. The Morgan fingerprint density at radius 1 is 1.38 bits per heavy atom. The van der Waals surface area contributed by atoms with Gasteiger partial charge in [-0.15, -0.1) is 21.5 Å². The van der Waals surface area contributed by atoms with E-state index in [4.69, 9.17) is 0 Å². The predicted molar refractivity (Wildman–Crippen MR) is 62.9 cm³/mol. The largest absolute Gasteiger partial charge is 0.306 e. The highest BCUT2D eigenvalue weighted by Crippen LogP contribution is 2.29. The van der Waals surface area contributed by atoms with Gasteiger partial charge in [0.2, 0.25) is 0 Å². The van der Waals surface area contributed by atoms with Crippen LogP contribution in [-0.4, -0.2) is 25.7 Å². The highest BCUT2D eigenvalue weighted by atomic mass is 32.1. The zero-order chi connectivity index (χ0) is 10.8. The Morgan fingerprint density at radius 3 is 2.81 bits per heavy atom. The van der Waals surface area contributed by atoms with Crippen molar-refractivity contribution >= 4 is 11.3 Å². The van der Waals surface area contributed by atoms with E-state index in [9.17, 15) is 0 Å². The van der Waals surface area contributed by atoms with Crippen LogP contribution in [0.5, 0.6) is 0 Å². The second-order valence-electron chi connectivity index (χ2n) is 4.17. The number of thiophene rings is 1. The fraction of sp³-hybridized carbons (Fsp3) is 0.455. The summed E-state index contributed by atoms with van der Waals surface area (Å²) in [5, 5.41) is 9.82. The number of nitrogens with zero attached hydrogens (tertiary/aromatic N) is 4. The standard InChI is InChI=1S/C11H14N4S/c1-2-11(16-5-1)6-15(10-3-4-10)9-14-7-12-13-8-14/h1-2,5,7-8,10H,3-4,6,9H2. The summed E-state index contributed by atoms with van der Waals surface area (Å²) in [4.78, 5) is 3.93. The second-order valence-corrected chi connectivity index (χ2v) is 5.21. The van der Waals surface area contributed by atoms with E-state index in [0.29, 0.717) is 0 Å². The molecule has 0 N–H and O–H groups in total. The highest BCUT2D eigenvalue weighted by molar-refractivity contribution is 7.09. The van der Waals surface area contributed by atoms with Crippen molar-refractivity contribution in [3.8, 4) is 0 Å². The van der Waals surface area contributed by atoms with Crippen LogP contribution in [0.25, 0.3) is 0 Å². The molecule has 0 radical (unpaired) electrons. The SMILES string of the molecule is c1csc(CN(Cn2cnnc2)C2CC2)c1. The van der Waals surface area contributed by atoms with Crippen LogP contribution >= 0.6 is 11.3 Å². The number of aromatic nitrogens is 3. The van der Waals surface area contributed by atoms with Crippen molar-refractivity contribution in [3.63, 3.8) is 0 Å². The molecule has 1 aliphatic carbocycles. The fourth-order valence-corrected chi connectivity index (χ4v) is 2.57. The monoisotopic (exact) mass is 234 g/mol. The zero-order valence-corrected chi connectivity index (χ0v) is 9.81. The van der Waals surface area contributed by atoms with Gasteiger partial charge in [-0.25, -0.2) is 0 Å². The van der Waals surface area contributed by atoms with Crippen LogP contribution in [0, 0.1) is 0 Å². The molecule has 1 aliphatic rings. The molecule has 2 aromatic heterocycles. The maximum Gasteiger partial charge on any atom is 0.120 e. The lowest BCUT2D eigenvalue weighted by molar-refractivity contribution is 0.200. The molecule has 2 heterocycles. The quantitative estimate of drug-likeness (QED) is 0.793. The van der Waals surface area contributed by atoms with E-state index in [1.807, 2.05) is 15.9 Å². The van der Waals surface area contributed by atoms with Crippen LogP contribution in [0.2, 0.25) is 0 Å². The summed E-state index contributed by atoms with van der Waals surface area (Å²) in [7, 11) is 0. The molecule has 0 bridgehead atoms. The Bertz CT molecular complexity index is 383. The Labute approximate surface area is 98.5 Å². The van der Waals surface area contributed by atoms with E-state index < -0.39 is 0 Å². The summed E-state index contributed by atoms with van der Waals surface area (Å²) in [6.45, 7) is 1.94. The van der Waals surface area contributed by atoms with Crippen LogP contribution in [0.15, 0.2) is 30.2 Å². The van der Waals surface area contributed by atoms with E-state index in [2.05, 4.69) is 32.6 Å². The van der Waals surface area contributed by atoms with Gasteiger partial charge in [-0.3, -0.25) is 4.90 Å². The fourth-order valence-electron chi connectivity index (χ4n) is 1.84. The first-order valence-corrected chi connectivity index (χ1v) is 6.38. The molecule has 1 fully saturated rings. The molecule has 84 valence electrons. The van der Waals surface area contributed by atoms with Gasteiger partial charge in [-0.2, -0.15) is 0 Å². The zero-order valence-electron chi connectivity index (χ0n) is 8.99. The first-order valence-electron chi connectivity index (χ1n) is 5.50. The molecule has 1 saturated carbocycles. The third kappa shape index (κ3) is 2.31. The van der Waals surface area contributed by atoms with Crippen molar-refractivity contribution in [1.82, 2.24) is 19.7 Å². The lowest BCUT2D eigenvalue weighted by atomic mass is 10.4. The van der Waals surface area contributed by atoms with Gasteiger partial charge in [0.15, 0.2) is 0 Å². The first kappa shape index (κ1) is 9.99. The van der Waals surface area contributed by atoms with E-state index in [0.717, 1.165) is 19.3 Å². The second kappa shape index (κ2) is 4.35. The Balaban J connectivity index is 1.67. The summed E-state index contributed by atoms with van der Waals surface area (Å²) in [6, 6.07) is 5.07. The molecule has 0 aliphatic heterocycles. The Kier molecular flexibility index (Phi) is 2.71. The molecule has 0 amide bonds. The summed E-state index contributed by atoms with van der Waals surface area (Å²) < 4.78 is 2.03. The Hall–Kier alpha value is -1.20. The van der Waals surface area contributed by atoms with Gasteiger partial charge in [0, 0.05) is 17.5 Å². The molecule has 0 aromatic carbocycles. The maximum absolute atomic E-state index is 3.84. The average molecular weight is 234 g/mol. The van der Waals surface area contributed by atoms with E-state index in [-0.39, 0.29) is 0 Å². The van der Waals surface area contributed by atoms with Gasteiger partial charge in [-0.05, 0) is 24.3 Å². The van der Waals surface area contributed by atoms with Crippen molar-refractivity contribution in [2.75, 3.05) is 0 Å². The third-order valence-electron chi connectivity index (χ3n) is 2.81. The van der Waals surface area contributed by atoms with Gasteiger partial charge in [0.25, 0.3) is 0 Å². The van der Waals surface area contributed by atoms with Crippen molar-refractivity contribution in [1.29, 1.82) is 0 Å². The van der Waals surface area contributed by atoms with Crippen molar-refractivity contribution in [2.24, 2.45) is 0 Å². The smallest absolute Gasteiger partial charge is 0.120 e. The summed E-state index contributed by atoms with van der Waals surface area (Å²) in [5.74, 6) is 0. The van der Waals surface area contributed by atoms with Crippen molar-refractivity contribution < 1.29 is 0 Å². The van der Waals surface area contributed by atoms with E-state index in [1.165, 1.54) is 17.7 Å². The van der Waals surface area contributed by atoms with E-state index in [1.54, 1.807) is 12.7 Å². The van der Waals surface area contributed by atoms with Crippen LogP contribution in [-0.2, 0) is 13.2 Å². The molecule has 3 rings (SSSR count). The number of hydrogen-bond donors (Lipinski definition) is 0. The molecule has 16 heavy (non-hydrogen) atoms. The summed E-state index contributed by atoms with van der Waals surface area (Å²) in [6.07, 6.45) is 6.22. The molecular weight excluding hydrogens is 220 g/mol. The molecule has 0 saturated heterocycles. The minimum Gasteiger partial charge on any atom is -0.306 e. The third-order valence-corrected chi connectivity index (χ3v) is 3.67. The maximum atomic E-state index is 3.84. The molecule has 4 nitrogen and oxygen atoms in total. The van der Waals surface area contributed by atoms with Crippen molar-refractivity contribution in [3.05, 3.63) is 35.0 Å². The number of rotatable bonds is 5.